The van der Waals surface area contributed by atoms with Crippen LogP contribution in [0.1, 0.15) is 50.4 Å². The van der Waals surface area contributed by atoms with Gasteiger partial charge in [-0.25, -0.2) is 17.9 Å². The number of carbonyl (C=O) groups is 1. The maximum absolute atomic E-state index is 12.3. The zero-order chi connectivity index (χ0) is 18.9. The van der Waals surface area contributed by atoms with E-state index in [1.807, 2.05) is 20.8 Å². The van der Waals surface area contributed by atoms with E-state index in [1.165, 1.54) is 18.2 Å². The van der Waals surface area contributed by atoms with Gasteiger partial charge in [0.25, 0.3) is 0 Å². The zero-order valence-electron chi connectivity index (χ0n) is 15.0. The molecule has 0 unspecified atom stereocenters. The molecule has 0 aromatic heterocycles. The topological polar surface area (TPSA) is 105 Å². The summed E-state index contributed by atoms with van der Waals surface area (Å²) in [4.78, 5) is 11.4. The summed E-state index contributed by atoms with van der Waals surface area (Å²) < 4.78 is 32.4. The molecule has 0 spiro atoms. The lowest BCUT2D eigenvalue weighted by Gasteiger charge is -2.12. The smallest absolute Gasteiger partial charge is 0.337 e. The molecule has 1 rings (SSSR count). The molecule has 8 heteroatoms. The van der Waals surface area contributed by atoms with Gasteiger partial charge in [-0.2, -0.15) is 0 Å². The molecule has 3 N–H and O–H groups in total. The molecule has 0 heterocycles. The Morgan fingerprint density at radius 1 is 1.24 bits per heavy atom. The van der Waals surface area contributed by atoms with Gasteiger partial charge >= 0.3 is 5.97 Å². The second kappa shape index (κ2) is 10.4. The highest BCUT2D eigenvalue weighted by molar-refractivity contribution is 7.89. The van der Waals surface area contributed by atoms with Gasteiger partial charge in [-0.15, -0.1) is 0 Å². The van der Waals surface area contributed by atoms with Crippen LogP contribution < -0.4 is 10.0 Å². The summed E-state index contributed by atoms with van der Waals surface area (Å²) >= 11 is 0. The van der Waals surface area contributed by atoms with Gasteiger partial charge in [0, 0.05) is 25.4 Å². The van der Waals surface area contributed by atoms with Crippen LogP contribution in [0, 0.1) is 0 Å². The van der Waals surface area contributed by atoms with Crippen molar-refractivity contribution in [2.75, 3.05) is 25.0 Å². The fourth-order valence-corrected chi connectivity index (χ4v) is 3.20. The first-order valence-electron chi connectivity index (χ1n) is 8.50. The van der Waals surface area contributed by atoms with Crippen LogP contribution in [0.4, 0.5) is 5.69 Å². The minimum Gasteiger partial charge on any atom is -0.478 e. The summed E-state index contributed by atoms with van der Waals surface area (Å²) in [5.74, 6) is -1.17. The van der Waals surface area contributed by atoms with Gasteiger partial charge in [0.2, 0.25) is 10.0 Å². The molecule has 25 heavy (non-hydrogen) atoms. The quantitative estimate of drug-likeness (QED) is 0.487. The Labute approximate surface area is 149 Å². The van der Waals surface area contributed by atoms with Gasteiger partial charge in [-0.3, -0.25) is 0 Å². The van der Waals surface area contributed by atoms with Crippen LogP contribution in [-0.4, -0.2) is 45.3 Å². The van der Waals surface area contributed by atoms with E-state index in [0.29, 0.717) is 25.3 Å². The van der Waals surface area contributed by atoms with Crippen LogP contribution in [0.25, 0.3) is 0 Å². The van der Waals surface area contributed by atoms with Gasteiger partial charge < -0.3 is 15.2 Å². The maximum Gasteiger partial charge on any atom is 0.337 e. The largest absolute Gasteiger partial charge is 0.478 e. The number of hydrogen-bond donors (Lipinski definition) is 3. The molecule has 0 aliphatic carbocycles. The Morgan fingerprint density at radius 3 is 2.56 bits per heavy atom. The number of carboxylic acids is 1. The molecule has 142 valence electrons. The van der Waals surface area contributed by atoms with Gasteiger partial charge in [0.15, 0.2) is 0 Å². The monoisotopic (exact) mass is 372 g/mol. The predicted molar refractivity (Wildman–Crippen MR) is 97.7 cm³/mol. The molecule has 1 aromatic carbocycles. The molecule has 0 atom stereocenters. The fourth-order valence-electron chi connectivity index (χ4n) is 2.10. The standard InChI is InChI=1S/C17H28N2O5S/c1-4-5-9-18-16-8-7-14(12-15(16)17(20)21)25(22,23)19-10-6-11-24-13(2)3/h7-8,12-13,18-19H,4-6,9-11H2,1-3H3,(H,20,21). The van der Waals surface area contributed by atoms with E-state index < -0.39 is 16.0 Å². The van der Waals surface area contributed by atoms with Crippen molar-refractivity contribution < 1.29 is 23.1 Å². The maximum atomic E-state index is 12.3. The first-order valence-corrected chi connectivity index (χ1v) is 9.98. The molecular weight excluding hydrogens is 344 g/mol. The normalized spacial score (nSPS) is 11.7. The van der Waals surface area contributed by atoms with E-state index in [9.17, 15) is 18.3 Å². The number of unbranched alkanes of at least 4 members (excludes halogenated alkanes) is 1. The minimum absolute atomic E-state index is 0.0536. The third-order valence-corrected chi connectivity index (χ3v) is 4.90. The number of nitrogens with one attached hydrogen (secondary N) is 2. The number of rotatable bonds is 12. The summed E-state index contributed by atoms with van der Waals surface area (Å²) in [7, 11) is -3.76. The number of sulfonamides is 1. The third kappa shape index (κ3) is 7.41. The molecule has 0 aliphatic heterocycles. The summed E-state index contributed by atoms with van der Waals surface area (Å²) in [6.45, 7) is 7.18. The Bertz CT molecular complexity index is 659. The van der Waals surface area contributed by atoms with E-state index in [0.717, 1.165) is 12.8 Å². The lowest BCUT2D eigenvalue weighted by Crippen LogP contribution is -2.26. The van der Waals surface area contributed by atoms with Crippen molar-refractivity contribution in [3.63, 3.8) is 0 Å². The molecule has 0 amide bonds. The minimum atomic E-state index is -3.76. The predicted octanol–water partition coefficient (Wildman–Crippen LogP) is 2.69. The van der Waals surface area contributed by atoms with Gasteiger partial charge in [-0.1, -0.05) is 13.3 Å². The number of carboxylic acid groups (broad SMARTS) is 1. The van der Waals surface area contributed by atoms with E-state index >= 15 is 0 Å². The van der Waals surface area contributed by atoms with Gasteiger partial charge in [0.1, 0.15) is 0 Å². The molecule has 0 radical (unpaired) electrons. The lowest BCUT2D eigenvalue weighted by atomic mass is 10.1. The van der Waals surface area contributed by atoms with Gasteiger partial charge in [-0.05, 0) is 44.9 Å². The number of anilines is 1. The molecule has 7 nitrogen and oxygen atoms in total. The first kappa shape index (κ1) is 21.4. The second-order valence-electron chi connectivity index (χ2n) is 5.96. The van der Waals surface area contributed by atoms with Crippen LogP contribution in [0.3, 0.4) is 0 Å². The third-order valence-electron chi connectivity index (χ3n) is 3.44. The highest BCUT2D eigenvalue weighted by atomic mass is 32.2. The van der Waals surface area contributed by atoms with Crippen LogP contribution >= 0.6 is 0 Å². The summed E-state index contributed by atoms with van der Waals surface area (Å²) in [5, 5.41) is 12.4. The molecule has 0 bridgehead atoms. The molecule has 0 fully saturated rings. The van der Waals surface area contributed by atoms with E-state index in [2.05, 4.69) is 10.0 Å². The summed E-state index contributed by atoms with van der Waals surface area (Å²) in [6.07, 6.45) is 2.52. The van der Waals surface area contributed by atoms with Crippen molar-refractivity contribution >= 4 is 21.7 Å². The Kier molecular flexibility index (Phi) is 8.88. The molecule has 0 saturated carbocycles. The van der Waals surface area contributed by atoms with Crippen LogP contribution in [0.2, 0.25) is 0 Å². The number of aromatic carboxylic acids is 1. The molecule has 1 aromatic rings. The number of benzene rings is 1. The van der Waals surface area contributed by atoms with Crippen molar-refractivity contribution in [2.45, 2.75) is 51.0 Å². The first-order chi connectivity index (χ1) is 11.8. The average Bonchev–Trinajstić information content (AvgIpc) is 2.54. The number of hydrogen-bond acceptors (Lipinski definition) is 5. The lowest BCUT2D eigenvalue weighted by molar-refractivity contribution is 0.0697. The summed E-state index contributed by atoms with van der Waals surface area (Å²) in [6, 6.07) is 4.09. The Hall–Kier alpha value is -1.64. The van der Waals surface area contributed by atoms with E-state index in [-0.39, 0.29) is 23.1 Å². The highest BCUT2D eigenvalue weighted by Crippen LogP contribution is 2.21. The van der Waals surface area contributed by atoms with Crippen molar-refractivity contribution in [3.8, 4) is 0 Å². The SMILES string of the molecule is CCCCNc1ccc(S(=O)(=O)NCCCOC(C)C)cc1C(=O)O. The average molecular weight is 372 g/mol. The van der Waals surface area contributed by atoms with Crippen molar-refractivity contribution in [2.24, 2.45) is 0 Å². The fraction of sp³-hybridized carbons (Fsp3) is 0.588. The second-order valence-corrected chi connectivity index (χ2v) is 7.73. The van der Waals surface area contributed by atoms with Crippen LogP contribution in [0.15, 0.2) is 23.1 Å². The van der Waals surface area contributed by atoms with Crippen LogP contribution in [-0.2, 0) is 14.8 Å². The zero-order valence-corrected chi connectivity index (χ0v) is 15.9. The highest BCUT2D eigenvalue weighted by Gasteiger charge is 2.18. The summed E-state index contributed by atoms with van der Waals surface area (Å²) in [5.41, 5.74) is 0.368. The van der Waals surface area contributed by atoms with Crippen molar-refractivity contribution in [3.05, 3.63) is 23.8 Å². The Morgan fingerprint density at radius 2 is 1.96 bits per heavy atom. The van der Waals surface area contributed by atoms with Crippen molar-refractivity contribution in [1.29, 1.82) is 0 Å². The number of ether oxygens (including phenoxy) is 1. The van der Waals surface area contributed by atoms with E-state index in [1.54, 1.807) is 0 Å². The van der Waals surface area contributed by atoms with Gasteiger partial charge in [0.05, 0.1) is 16.6 Å². The van der Waals surface area contributed by atoms with Crippen LogP contribution in [0.5, 0.6) is 0 Å². The molecule has 0 saturated heterocycles. The van der Waals surface area contributed by atoms with E-state index in [4.69, 9.17) is 4.74 Å². The molecular formula is C17H28N2O5S. The molecule has 0 aliphatic rings. The van der Waals surface area contributed by atoms with Crippen molar-refractivity contribution in [1.82, 2.24) is 4.72 Å². The Balaban J connectivity index is 2.78.